The quantitative estimate of drug-likeness (QED) is 0.336. The molecule has 76 valence electrons. The third-order valence-corrected chi connectivity index (χ3v) is 2.18. The largest absolute Gasteiger partial charge is 1.00 e. The number of hydrogen-bond acceptors (Lipinski definition) is 4. The Hall–Kier alpha value is -0.270. The summed E-state index contributed by atoms with van der Waals surface area (Å²) in [5.41, 5.74) is -0.290. The second kappa shape index (κ2) is 6.34. The van der Waals surface area contributed by atoms with Gasteiger partial charge in [-0.25, -0.2) is 9.18 Å². The number of ether oxygens (including phenoxy) is 1. The first-order chi connectivity index (χ1) is 6.56. The van der Waals surface area contributed by atoms with Gasteiger partial charge >= 0.3 is 35.5 Å². The second-order valence-electron chi connectivity index (χ2n) is 2.37. The van der Waals surface area contributed by atoms with E-state index in [1.54, 1.807) is 0 Å². The first kappa shape index (κ1) is 14.7. The third-order valence-electron chi connectivity index (χ3n) is 1.54. The van der Waals surface area contributed by atoms with Crippen LogP contribution >= 0.6 is 0 Å². The van der Waals surface area contributed by atoms with E-state index >= 15 is 0 Å². The van der Waals surface area contributed by atoms with Gasteiger partial charge in [0.15, 0.2) is 0 Å². The van der Waals surface area contributed by atoms with Gasteiger partial charge in [-0.15, -0.1) is 0 Å². The summed E-state index contributed by atoms with van der Waals surface area (Å²) in [6.45, 7) is 0. The van der Waals surface area contributed by atoms with E-state index in [4.69, 9.17) is 0 Å². The van der Waals surface area contributed by atoms with Crippen molar-refractivity contribution in [3.8, 4) is 0 Å². The minimum Gasteiger partial charge on any atom is -0.768 e. The maximum Gasteiger partial charge on any atom is 1.00 e. The smallest absolute Gasteiger partial charge is 0.768 e. The molecule has 0 saturated carbocycles. The fraction of sp³-hybridized carbons (Fsp3) is 0.125. The topological polar surface area (TPSA) is 66.4 Å². The molecule has 1 aromatic rings. The van der Waals surface area contributed by atoms with E-state index < -0.39 is 22.9 Å². The van der Waals surface area contributed by atoms with Crippen molar-refractivity contribution in [2.75, 3.05) is 7.11 Å². The van der Waals surface area contributed by atoms with E-state index in [0.29, 0.717) is 0 Å². The van der Waals surface area contributed by atoms with Crippen LogP contribution in [0.2, 0.25) is 0 Å². The van der Waals surface area contributed by atoms with Crippen molar-refractivity contribution in [1.82, 2.24) is 0 Å². The van der Waals surface area contributed by atoms with Gasteiger partial charge in [-0.1, -0.05) is 0 Å². The molecule has 0 fully saturated rings. The van der Waals surface area contributed by atoms with Crippen LogP contribution in [0.3, 0.4) is 0 Å². The zero-order chi connectivity index (χ0) is 10.7. The Morgan fingerprint density at radius 2 is 2.13 bits per heavy atom. The zero-order valence-corrected chi connectivity index (χ0v) is 11.0. The van der Waals surface area contributed by atoms with E-state index in [1.165, 1.54) is 0 Å². The van der Waals surface area contributed by atoms with Crippen molar-refractivity contribution >= 4 is 17.0 Å². The van der Waals surface area contributed by atoms with Gasteiger partial charge in [0.2, 0.25) is 0 Å². The summed E-state index contributed by atoms with van der Waals surface area (Å²) in [7, 11) is 1.11. The number of methoxy groups -OCH3 is 1. The first-order valence-electron chi connectivity index (χ1n) is 3.53. The molecule has 0 radical (unpaired) electrons. The maximum atomic E-state index is 13.1. The molecule has 0 N–H and O–H groups in total. The summed E-state index contributed by atoms with van der Waals surface area (Å²) in [4.78, 5) is 10.7. The summed E-state index contributed by atoms with van der Waals surface area (Å²) >= 11 is -2.50. The van der Waals surface area contributed by atoms with Crippen molar-refractivity contribution in [3.05, 3.63) is 29.6 Å². The fourth-order valence-corrected chi connectivity index (χ4v) is 1.25. The van der Waals surface area contributed by atoms with Gasteiger partial charge in [0.25, 0.3) is 0 Å². The minimum atomic E-state index is -2.50. The number of carbonyl (C=O) groups is 1. The number of carbonyl (C=O) groups excluding carboxylic acids is 1. The number of benzene rings is 1. The number of rotatable bonds is 2. The Labute approximate surface area is 110 Å². The maximum absolute atomic E-state index is 13.1. The molecule has 1 rings (SSSR count). The van der Waals surface area contributed by atoms with Crippen molar-refractivity contribution in [2.24, 2.45) is 0 Å². The van der Waals surface area contributed by atoms with E-state index in [9.17, 15) is 17.9 Å². The molecule has 15 heavy (non-hydrogen) atoms. The van der Waals surface area contributed by atoms with Crippen LogP contribution in [0.5, 0.6) is 0 Å². The summed E-state index contributed by atoms with van der Waals surface area (Å²) in [6, 6.07) is 2.94. The van der Waals surface area contributed by atoms with E-state index in [2.05, 4.69) is 4.74 Å². The molecule has 0 bridgehead atoms. The van der Waals surface area contributed by atoms with Crippen LogP contribution in [0.1, 0.15) is 10.4 Å². The number of esters is 1. The van der Waals surface area contributed by atoms with Crippen LogP contribution in [0.15, 0.2) is 23.1 Å². The van der Waals surface area contributed by atoms with Gasteiger partial charge in [0, 0.05) is 4.90 Å². The molecule has 1 atom stereocenters. The fourth-order valence-electron chi connectivity index (χ4n) is 0.875. The molecule has 0 aromatic heterocycles. The van der Waals surface area contributed by atoms with Crippen LogP contribution in [0.25, 0.3) is 0 Å². The molecule has 1 aromatic carbocycles. The molecule has 7 heteroatoms. The molecule has 0 aliphatic carbocycles. The first-order valence-corrected chi connectivity index (χ1v) is 4.61. The molecule has 4 nitrogen and oxygen atoms in total. The molecule has 0 aliphatic heterocycles. The summed E-state index contributed by atoms with van der Waals surface area (Å²) in [6.07, 6.45) is 0. The summed E-state index contributed by atoms with van der Waals surface area (Å²) in [5.74, 6) is -1.76. The molecule has 1 unspecified atom stereocenters. The predicted molar refractivity (Wildman–Crippen MR) is 44.9 cm³/mol. The number of hydrogen-bond donors (Lipinski definition) is 0. The predicted octanol–water partition coefficient (Wildman–Crippen LogP) is -2.15. The van der Waals surface area contributed by atoms with Gasteiger partial charge in [0.05, 0.1) is 12.7 Å². The third kappa shape index (κ3) is 3.66. The monoisotopic (exact) mass is 240 g/mol. The molecule has 0 amide bonds. The van der Waals surface area contributed by atoms with Crippen molar-refractivity contribution in [3.63, 3.8) is 0 Å². The van der Waals surface area contributed by atoms with Gasteiger partial charge in [-0.2, -0.15) is 0 Å². The Morgan fingerprint density at radius 3 is 2.53 bits per heavy atom. The Kier molecular flexibility index (Phi) is 6.23. The molecule has 0 aliphatic rings. The summed E-state index contributed by atoms with van der Waals surface area (Å²) in [5, 5.41) is 0. The standard InChI is InChI=1S/C8H7FO4S.Na/c1-13-8(10)6-3-2-5(14(11)12)4-7(6)9;/h2-4H,1H3,(H,11,12);/q;+1/p-1. The SMILES string of the molecule is COC(=O)c1ccc(S(=O)[O-])cc1F.[Na+]. The van der Waals surface area contributed by atoms with Crippen LogP contribution in [0, 0.1) is 5.82 Å². The molecule has 0 spiro atoms. The van der Waals surface area contributed by atoms with Crippen molar-refractivity contribution in [1.29, 1.82) is 0 Å². The summed E-state index contributed by atoms with van der Waals surface area (Å²) < 4.78 is 38.2. The zero-order valence-electron chi connectivity index (χ0n) is 8.15. The van der Waals surface area contributed by atoms with Gasteiger partial charge in [-0.3, -0.25) is 4.21 Å². The van der Waals surface area contributed by atoms with E-state index in [-0.39, 0.29) is 40.0 Å². The molecule has 0 saturated heterocycles. The average Bonchev–Trinajstić information content (AvgIpc) is 2.16. The van der Waals surface area contributed by atoms with Gasteiger partial charge < -0.3 is 9.29 Å². The number of halogens is 1. The van der Waals surface area contributed by atoms with E-state index in [1.807, 2.05) is 0 Å². The molecule has 0 heterocycles. The normalized spacial score (nSPS) is 11.4. The van der Waals surface area contributed by atoms with Gasteiger partial charge in [0.1, 0.15) is 5.82 Å². The average molecular weight is 240 g/mol. The molecular weight excluding hydrogens is 234 g/mol. The van der Waals surface area contributed by atoms with Crippen LogP contribution in [-0.2, 0) is 15.8 Å². The van der Waals surface area contributed by atoms with E-state index in [0.717, 1.165) is 25.3 Å². The van der Waals surface area contributed by atoms with Crippen molar-refractivity contribution < 1.29 is 52.2 Å². The molecular formula is C8H6FNaO4S. The van der Waals surface area contributed by atoms with Crippen LogP contribution < -0.4 is 29.6 Å². The van der Waals surface area contributed by atoms with Crippen molar-refractivity contribution in [2.45, 2.75) is 4.90 Å². The minimum absolute atomic E-state index is 0. The second-order valence-corrected chi connectivity index (χ2v) is 3.31. The van der Waals surface area contributed by atoms with Crippen LogP contribution in [0.4, 0.5) is 4.39 Å². The Bertz CT molecular complexity index is 396. The van der Waals surface area contributed by atoms with Crippen LogP contribution in [-0.4, -0.2) is 21.8 Å². The Morgan fingerprint density at radius 1 is 1.53 bits per heavy atom. The van der Waals surface area contributed by atoms with Gasteiger partial charge in [-0.05, 0) is 29.3 Å². The Balaban J connectivity index is 0.00000196.